The van der Waals surface area contributed by atoms with E-state index in [0.29, 0.717) is 17.5 Å². The molecule has 1 N–H and O–H groups in total. The number of benzene rings is 2. The molecule has 6 heteroatoms. The number of rotatable bonds is 7. The highest BCUT2D eigenvalue weighted by Crippen LogP contribution is 2.32. The van der Waals surface area contributed by atoms with Gasteiger partial charge in [0.1, 0.15) is 17.3 Å². The Balaban J connectivity index is 1.95. The minimum absolute atomic E-state index is 0.656. The first-order chi connectivity index (χ1) is 13.5. The van der Waals surface area contributed by atoms with Crippen LogP contribution < -0.4 is 19.7 Å². The van der Waals surface area contributed by atoms with Gasteiger partial charge in [0.15, 0.2) is 0 Å². The van der Waals surface area contributed by atoms with Gasteiger partial charge in [0, 0.05) is 30.1 Å². The molecule has 3 rings (SSSR count). The Kier molecular flexibility index (Phi) is 5.99. The van der Waals surface area contributed by atoms with Gasteiger partial charge in [-0.3, -0.25) is 0 Å². The molecule has 1 heterocycles. The predicted octanol–water partition coefficient (Wildman–Crippen LogP) is 5.01. The molecule has 146 valence electrons. The Morgan fingerprint density at radius 1 is 0.964 bits per heavy atom. The number of methoxy groups -OCH3 is 2. The number of hydrogen-bond donors (Lipinski definition) is 1. The Hall–Kier alpha value is -3.28. The maximum atomic E-state index is 5.48. The highest BCUT2D eigenvalue weighted by molar-refractivity contribution is 5.67. The molecule has 2 aromatic carbocycles. The molecular weight excluding hydrogens is 352 g/mol. The van der Waals surface area contributed by atoms with Gasteiger partial charge in [0.2, 0.25) is 5.95 Å². The predicted molar refractivity (Wildman–Crippen MR) is 113 cm³/mol. The number of anilines is 4. The van der Waals surface area contributed by atoms with Crippen molar-refractivity contribution in [3.8, 4) is 11.5 Å². The zero-order valence-corrected chi connectivity index (χ0v) is 17.0. The maximum Gasteiger partial charge on any atom is 0.232 e. The second kappa shape index (κ2) is 8.61. The van der Waals surface area contributed by atoms with Crippen LogP contribution in [0.3, 0.4) is 0 Å². The number of hydrogen-bond acceptors (Lipinski definition) is 6. The van der Waals surface area contributed by atoms with Crippen molar-refractivity contribution in [2.75, 3.05) is 31.0 Å². The van der Waals surface area contributed by atoms with Crippen molar-refractivity contribution in [2.24, 2.45) is 0 Å². The van der Waals surface area contributed by atoms with Gasteiger partial charge in [-0.2, -0.15) is 4.98 Å². The Morgan fingerprint density at radius 3 is 2.46 bits per heavy atom. The molecule has 0 unspecified atom stereocenters. The van der Waals surface area contributed by atoms with E-state index in [1.807, 2.05) is 37.3 Å². The molecule has 0 saturated carbocycles. The molecule has 0 aliphatic heterocycles. The lowest BCUT2D eigenvalue weighted by atomic mass is 10.2. The van der Waals surface area contributed by atoms with Crippen molar-refractivity contribution in [3.05, 3.63) is 59.8 Å². The van der Waals surface area contributed by atoms with Crippen LogP contribution >= 0.6 is 0 Å². The van der Waals surface area contributed by atoms with Crippen LogP contribution in [0.2, 0.25) is 0 Å². The third-order valence-electron chi connectivity index (χ3n) is 4.38. The molecule has 0 saturated heterocycles. The van der Waals surface area contributed by atoms with Gasteiger partial charge in [-0.05, 0) is 50.6 Å². The summed E-state index contributed by atoms with van der Waals surface area (Å²) in [7, 11) is 3.26. The Bertz CT molecular complexity index is 959. The number of nitrogens with zero attached hydrogens (tertiary/aromatic N) is 3. The van der Waals surface area contributed by atoms with Crippen LogP contribution in [-0.4, -0.2) is 30.7 Å². The fraction of sp³-hybridized carbons (Fsp3) is 0.273. The largest absolute Gasteiger partial charge is 0.497 e. The van der Waals surface area contributed by atoms with Crippen molar-refractivity contribution in [1.29, 1.82) is 0 Å². The summed E-state index contributed by atoms with van der Waals surface area (Å²) >= 11 is 0. The van der Waals surface area contributed by atoms with Gasteiger partial charge < -0.3 is 19.7 Å². The summed E-state index contributed by atoms with van der Waals surface area (Å²) in [4.78, 5) is 11.5. The monoisotopic (exact) mass is 378 g/mol. The van der Waals surface area contributed by atoms with Crippen molar-refractivity contribution in [3.63, 3.8) is 0 Å². The summed E-state index contributed by atoms with van der Waals surface area (Å²) in [6.45, 7) is 6.90. The molecule has 6 nitrogen and oxygen atoms in total. The maximum absolute atomic E-state index is 5.48. The first kappa shape index (κ1) is 19.5. The number of ether oxygens (including phenoxy) is 2. The molecule has 1 aromatic heterocycles. The minimum Gasteiger partial charge on any atom is -0.497 e. The topological polar surface area (TPSA) is 59.5 Å². The lowest BCUT2D eigenvalue weighted by Crippen LogP contribution is -2.19. The van der Waals surface area contributed by atoms with Crippen molar-refractivity contribution in [2.45, 2.75) is 20.8 Å². The van der Waals surface area contributed by atoms with E-state index in [1.54, 1.807) is 14.2 Å². The van der Waals surface area contributed by atoms with E-state index >= 15 is 0 Å². The smallest absolute Gasteiger partial charge is 0.232 e. The van der Waals surface area contributed by atoms with E-state index in [9.17, 15) is 0 Å². The van der Waals surface area contributed by atoms with Gasteiger partial charge >= 0.3 is 0 Å². The van der Waals surface area contributed by atoms with Crippen LogP contribution in [0.1, 0.15) is 18.2 Å². The first-order valence-corrected chi connectivity index (χ1v) is 9.23. The van der Waals surface area contributed by atoms with Crippen LogP contribution in [0.25, 0.3) is 0 Å². The van der Waals surface area contributed by atoms with E-state index in [4.69, 9.17) is 14.5 Å². The molecule has 0 bridgehead atoms. The first-order valence-electron chi connectivity index (χ1n) is 9.23. The average molecular weight is 378 g/mol. The normalized spacial score (nSPS) is 10.5. The summed E-state index contributed by atoms with van der Waals surface area (Å²) in [6, 6.07) is 15.9. The average Bonchev–Trinajstić information content (AvgIpc) is 2.68. The fourth-order valence-corrected chi connectivity index (χ4v) is 3.01. The van der Waals surface area contributed by atoms with Crippen molar-refractivity contribution >= 4 is 23.1 Å². The summed E-state index contributed by atoms with van der Waals surface area (Å²) in [5.74, 6) is 2.78. The summed E-state index contributed by atoms with van der Waals surface area (Å²) in [5, 5.41) is 3.34. The molecule has 0 atom stereocenters. The van der Waals surface area contributed by atoms with Crippen LogP contribution in [0.4, 0.5) is 23.1 Å². The zero-order valence-electron chi connectivity index (χ0n) is 17.0. The molecule has 0 aliphatic rings. The highest BCUT2D eigenvalue weighted by Gasteiger charge is 2.14. The number of aryl methyl sites for hydroxylation is 2. The van der Waals surface area contributed by atoms with Crippen LogP contribution in [-0.2, 0) is 0 Å². The van der Waals surface area contributed by atoms with Crippen LogP contribution in [0.5, 0.6) is 11.5 Å². The molecule has 0 spiro atoms. The molecular formula is C22H26N4O2. The minimum atomic E-state index is 0.656. The molecule has 0 fully saturated rings. The van der Waals surface area contributed by atoms with Crippen LogP contribution in [0.15, 0.2) is 48.5 Å². The lowest BCUT2D eigenvalue weighted by molar-refractivity contribution is 0.395. The van der Waals surface area contributed by atoms with Crippen molar-refractivity contribution in [1.82, 2.24) is 9.97 Å². The van der Waals surface area contributed by atoms with E-state index < -0.39 is 0 Å². The quantitative estimate of drug-likeness (QED) is 0.623. The van der Waals surface area contributed by atoms with E-state index in [1.165, 1.54) is 5.56 Å². The Morgan fingerprint density at radius 2 is 1.79 bits per heavy atom. The summed E-state index contributed by atoms with van der Waals surface area (Å²) in [5.41, 5.74) is 3.96. The third-order valence-corrected chi connectivity index (χ3v) is 4.38. The summed E-state index contributed by atoms with van der Waals surface area (Å²) < 4.78 is 10.7. The molecule has 0 amide bonds. The fourth-order valence-electron chi connectivity index (χ4n) is 3.01. The van der Waals surface area contributed by atoms with E-state index in [-0.39, 0.29) is 0 Å². The lowest BCUT2D eigenvalue weighted by Gasteiger charge is -2.22. The SMILES string of the molecule is CCN(c1cccc(C)c1)c1nc(C)cc(Nc2ccc(OC)cc2OC)n1. The second-order valence-electron chi connectivity index (χ2n) is 6.47. The Labute approximate surface area is 166 Å². The van der Waals surface area contributed by atoms with Gasteiger partial charge in [0.05, 0.1) is 19.9 Å². The van der Waals surface area contributed by atoms with Crippen LogP contribution in [0, 0.1) is 13.8 Å². The molecule has 3 aromatic rings. The summed E-state index contributed by atoms with van der Waals surface area (Å²) in [6.07, 6.45) is 0. The van der Waals surface area contributed by atoms with E-state index in [2.05, 4.69) is 47.2 Å². The second-order valence-corrected chi connectivity index (χ2v) is 6.47. The molecule has 28 heavy (non-hydrogen) atoms. The van der Waals surface area contributed by atoms with Gasteiger partial charge in [-0.15, -0.1) is 0 Å². The zero-order chi connectivity index (χ0) is 20.1. The molecule has 0 radical (unpaired) electrons. The van der Waals surface area contributed by atoms with Gasteiger partial charge in [-0.1, -0.05) is 12.1 Å². The van der Waals surface area contributed by atoms with Crippen molar-refractivity contribution < 1.29 is 9.47 Å². The number of aromatic nitrogens is 2. The third kappa shape index (κ3) is 4.34. The molecule has 0 aliphatic carbocycles. The van der Waals surface area contributed by atoms with E-state index in [0.717, 1.165) is 29.4 Å². The number of nitrogens with one attached hydrogen (secondary N) is 1. The van der Waals surface area contributed by atoms with Gasteiger partial charge in [0.25, 0.3) is 0 Å². The standard InChI is InChI=1S/C22H26N4O2/c1-6-26(17-9-7-8-15(2)12-17)22-23-16(3)13-21(25-22)24-19-11-10-18(27-4)14-20(19)28-5/h7-14H,6H2,1-5H3,(H,23,24,25). The van der Waals surface area contributed by atoms with Gasteiger partial charge in [-0.25, -0.2) is 4.98 Å². The highest BCUT2D eigenvalue weighted by atomic mass is 16.5.